The molecule has 0 aliphatic heterocycles. The van der Waals surface area contributed by atoms with E-state index >= 15 is 0 Å². The Bertz CT molecular complexity index is 908. The number of aryl methyl sites for hydroxylation is 1. The molecule has 5 heteroatoms. The molecule has 3 rings (SSSR count). The molecule has 0 radical (unpaired) electrons. The van der Waals surface area contributed by atoms with E-state index < -0.39 is 0 Å². The number of pyridine rings is 1. The number of rotatable bonds is 6. The van der Waals surface area contributed by atoms with Crippen LogP contribution in [0.4, 0.5) is 21.6 Å². The standard InChI is InChI=1S/C22H22FN3O/c1-3-26(19-6-4-5-16(2)13-19)20-11-12-21(24-15-20)25-22(27)14-17-7-9-18(23)10-8-17/h4-13,15H,3,14H2,1-2H3,(H,24,25,27). The molecule has 0 fully saturated rings. The molecule has 0 spiro atoms. The maximum absolute atomic E-state index is 12.9. The largest absolute Gasteiger partial charge is 0.341 e. The lowest BCUT2D eigenvalue weighted by atomic mass is 10.1. The number of halogens is 1. The van der Waals surface area contributed by atoms with Crippen LogP contribution in [0.5, 0.6) is 0 Å². The second-order valence-corrected chi connectivity index (χ2v) is 6.34. The van der Waals surface area contributed by atoms with Crippen molar-refractivity contribution in [3.8, 4) is 0 Å². The van der Waals surface area contributed by atoms with Gasteiger partial charge in [-0.1, -0.05) is 24.3 Å². The van der Waals surface area contributed by atoms with Gasteiger partial charge in [-0.2, -0.15) is 0 Å². The van der Waals surface area contributed by atoms with Crippen LogP contribution in [0, 0.1) is 12.7 Å². The number of hydrogen-bond acceptors (Lipinski definition) is 3. The Balaban J connectivity index is 1.67. The van der Waals surface area contributed by atoms with Crippen molar-refractivity contribution < 1.29 is 9.18 Å². The van der Waals surface area contributed by atoms with E-state index in [1.807, 2.05) is 12.1 Å². The molecule has 3 aromatic rings. The Hall–Kier alpha value is -3.21. The fourth-order valence-electron chi connectivity index (χ4n) is 2.90. The van der Waals surface area contributed by atoms with Crippen LogP contribution in [-0.2, 0) is 11.2 Å². The summed E-state index contributed by atoms with van der Waals surface area (Å²) >= 11 is 0. The maximum Gasteiger partial charge on any atom is 0.229 e. The van der Waals surface area contributed by atoms with Crippen LogP contribution >= 0.6 is 0 Å². The molecule has 1 heterocycles. The molecule has 27 heavy (non-hydrogen) atoms. The smallest absolute Gasteiger partial charge is 0.229 e. The van der Waals surface area contributed by atoms with Crippen LogP contribution in [0.15, 0.2) is 66.9 Å². The quantitative estimate of drug-likeness (QED) is 0.680. The van der Waals surface area contributed by atoms with Crippen LogP contribution in [0.25, 0.3) is 0 Å². The summed E-state index contributed by atoms with van der Waals surface area (Å²) in [6.45, 7) is 4.96. The molecule has 0 aliphatic rings. The molecule has 0 atom stereocenters. The van der Waals surface area contributed by atoms with E-state index in [1.54, 1.807) is 24.4 Å². The first-order chi connectivity index (χ1) is 13.0. The minimum atomic E-state index is -0.314. The van der Waals surface area contributed by atoms with E-state index in [1.165, 1.54) is 17.7 Å². The van der Waals surface area contributed by atoms with E-state index in [-0.39, 0.29) is 18.1 Å². The van der Waals surface area contributed by atoms with Crippen LogP contribution in [0.3, 0.4) is 0 Å². The van der Waals surface area contributed by atoms with Gasteiger partial charge in [0.15, 0.2) is 0 Å². The molecule has 0 unspecified atom stereocenters. The topological polar surface area (TPSA) is 45.2 Å². The first kappa shape index (κ1) is 18.6. The summed E-state index contributed by atoms with van der Waals surface area (Å²) in [5.74, 6) is -0.00968. The van der Waals surface area contributed by atoms with E-state index in [0.717, 1.165) is 23.5 Å². The van der Waals surface area contributed by atoms with Gasteiger partial charge in [0.05, 0.1) is 18.3 Å². The highest BCUT2D eigenvalue weighted by Gasteiger charge is 2.09. The summed E-state index contributed by atoms with van der Waals surface area (Å²) in [6.07, 6.45) is 1.92. The van der Waals surface area contributed by atoms with Crippen LogP contribution < -0.4 is 10.2 Å². The van der Waals surface area contributed by atoms with E-state index in [4.69, 9.17) is 0 Å². The zero-order valence-corrected chi connectivity index (χ0v) is 15.4. The average Bonchev–Trinajstić information content (AvgIpc) is 2.66. The summed E-state index contributed by atoms with van der Waals surface area (Å²) in [5.41, 5.74) is 4.01. The van der Waals surface area contributed by atoms with Gasteiger partial charge in [-0.15, -0.1) is 0 Å². The van der Waals surface area contributed by atoms with Gasteiger partial charge in [0, 0.05) is 12.2 Å². The van der Waals surface area contributed by atoms with Crippen molar-refractivity contribution in [2.45, 2.75) is 20.3 Å². The third kappa shape index (κ3) is 4.91. The molecule has 4 nitrogen and oxygen atoms in total. The number of amides is 1. The van der Waals surface area contributed by atoms with Crippen molar-refractivity contribution in [3.63, 3.8) is 0 Å². The summed E-state index contributed by atoms with van der Waals surface area (Å²) in [5, 5.41) is 2.78. The molecule has 0 bridgehead atoms. The zero-order valence-electron chi connectivity index (χ0n) is 15.4. The average molecular weight is 363 g/mol. The fourth-order valence-corrected chi connectivity index (χ4v) is 2.90. The van der Waals surface area contributed by atoms with Gasteiger partial charge in [-0.3, -0.25) is 4.79 Å². The van der Waals surface area contributed by atoms with Crippen molar-refractivity contribution in [1.82, 2.24) is 4.98 Å². The van der Waals surface area contributed by atoms with Crippen molar-refractivity contribution in [2.75, 3.05) is 16.8 Å². The Kier molecular flexibility index (Phi) is 5.81. The number of carbonyl (C=O) groups excluding carboxylic acids is 1. The Morgan fingerprint density at radius 2 is 1.85 bits per heavy atom. The third-order valence-electron chi connectivity index (χ3n) is 4.23. The predicted molar refractivity (Wildman–Crippen MR) is 107 cm³/mol. The van der Waals surface area contributed by atoms with Gasteiger partial charge >= 0.3 is 0 Å². The zero-order chi connectivity index (χ0) is 19.2. The van der Waals surface area contributed by atoms with Crippen molar-refractivity contribution in [2.24, 2.45) is 0 Å². The van der Waals surface area contributed by atoms with Gasteiger partial charge in [-0.25, -0.2) is 9.37 Å². The number of anilines is 3. The van der Waals surface area contributed by atoms with Gasteiger partial charge in [0.25, 0.3) is 0 Å². The second-order valence-electron chi connectivity index (χ2n) is 6.34. The monoisotopic (exact) mass is 363 g/mol. The van der Waals surface area contributed by atoms with Crippen molar-refractivity contribution >= 4 is 23.1 Å². The molecule has 1 amide bonds. The van der Waals surface area contributed by atoms with E-state index in [0.29, 0.717) is 5.82 Å². The van der Waals surface area contributed by atoms with Crippen molar-refractivity contribution in [3.05, 3.63) is 83.8 Å². The number of benzene rings is 2. The lowest BCUT2D eigenvalue weighted by Gasteiger charge is -2.23. The molecule has 1 aromatic heterocycles. The first-order valence-electron chi connectivity index (χ1n) is 8.89. The highest BCUT2D eigenvalue weighted by molar-refractivity contribution is 5.91. The molecule has 0 aliphatic carbocycles. The molecular formula is C22H22FN3O. The highest BCUT2D eigenvalue weighted by Crippen LogP contribution is 2.25. The lowest BCUT2D eigenvalue weighted by molar-refractivity contribution is -0.115. The second kappa shape index (κ2) is 8.45. The van der Waals surface area contributed by atoms with Gasteiger partial charge < -0.3 is 10.2 Å². The molecule has 2 aromatic carbocycles. The van der Waals surface area contributed by atoms with E-state index in [2.05, 4.69) is 47.2 Å². The first-order valence-corrected chi connectivity index (χ1v) is 8.89. The number of nitrogens with one attached hydrogen (secondary N) is 1. The summed E-state index contributed by atoms with van der Waals surface area (Å²) in [7, 11) is 0. The third-order valence-corrected chi connectivity index (χ3v) is 4.23. The van der Waals surface area contributed by atoms with Crippen LogP contribution in [0.1, 0.15) is 18.1 Å². The minimum Gasteiger partial charge on any atom is -0.341 e. The predicted octanol–water partition coefficient (Wildman–Crippen LogP) is 4.87. The number of hydrogen-bond donors (Lipinski definition) is 1. The van der Waals surface area contributed by atoms with Gasteiger partial charge in [0.1, 0.15) is 11.6 Å². The lowest BCUT2D eigenvalue weighted by Crippen LogP contribution is -2.18. The number of carbonyl (C=O) groups is 1. The summed E-state index contributed by atoms with van der Waals surface area (Å²) in [6, 6.07) is 17.9. The molecule has 0 saturated carbocycles. The summed E-state index contributed by atoms with van der Waals surface area (Å²) in [4.78, 5) is 18.7. The van der Waals surface area contributed by atoms with Crippen LogP contribution in [-0.4, -0.2) is 17.4 Å². The molecule has 138 valence electrons. The van der Waals surface area contributed by atoms with Crippen molar-refractivity contribution in [1.29, 1.82) is 0 Å². The highest BCUT2D eigenvalue weighted by atomic mass is 19.1. The maximum atomic E-state index is 12.9. The van der Waals surface area contributed by atoms with Gasteiger partial charge in [0.2, 0.25) is 5.91 Å². The Morgan fingerprint density at radius 3 is 2.48 bits per heavy atom. The minimum absolute atomic E-state index is 0.175. The van der Waals surface area contributed by atoms with Gasteiger partial charge in [-0.05, 0) is 61.4 Å². The fraction of sp³-hybridized carbons (Fsp3) is 0.182. The molecular weight excluding hydrogens is 341 g/mol. The van der Waals surface area contributed by atoms with E-state index in [9.17, 15) is 9.18 Å². The Labute approximate surface area is 158 Å². The summed E-state index contributed by atoms with van der Waals surface area (Å²) < 4.78 is 12.9. The Morgan fingerprint density at radius 1 is 1.07 bits per heavy atom. The number of nitrogens with zero attached hydrogens (tertiary/aromatic N) is 2. The molecule has 1 N–H and O–H groups in total. The number of aromatic nitrogens is 1. The normalized spacial score (nSPS) is 10.5. The van der Waals surface area contributed by atoms with Crippen LogP contribution in [0.2, 0.25) is 0 Å². The SMILES string of the molecule is CCN(c1ccc(NC(=O)Cc2ccc(F)cc2)nc1)c1cccc(C)c1. The molecule has 0 saturated heterocycles.